The maximum absolute atomic E-state index is 12.3. The number of imidazole rings is 1. The lowest BCUT2D eigenvalue weighted by atomic mass is 9.80. The molecule has 1 aliphatic heterocycles. The Kier molecular flexibility index (Phi) is 7.27. The van der Waals surface area contributed by atoms with Gasteiger partial charge in [0.05, 0.1) is 12.9 Å². The molecule has 0 bridgehead atoms. The van der Waals surface area contributed by atoms with Crippen LogP contribution in [0.4, 0.5) is 0 Å². The van der Waals surface area contributed by atoms with Gasteiger partial charge in [0.1, 0.15) is 0 Å². The first kappa shape index (κ1) is 19.4. The minimum atomic E-state index is -3.56. The third-order valence-electron chi connectivity index (χ3n) is 4.00. The highest BCUT2D eigenvalue weighted by Gasteiger charge is 2.34. The Bertz CT molecular complexity index is 550. The average molecular weight is 353 g/mol. The van der Waals surface area contributed by atoms with Crippen molar-refractivity contribution in [2.75, 3.05) is 33.4 Å². The molecule has 7 nitrogen and oxygen atoms in total. The number of piperidine rings is 1. The second-order valence-electron chi connectivity index (χ2n) is 5.55. The lowest BCUT2D eigenvalue weighted by Gasteiger charge is -2.37. The van der Waals surface area contributed by atoms with Crippen molar-refractivity contribution in [3.05, 3.63) is 12.5 Å². The molecule has 1 saturated heterocycles. The van der Waals surface area contributed by atoms with Crippen LogP contribution in [0.15, 0.2) is 17.6 Å². The molecule has 1 fully saturated rings. The van der Waals surface area contributed by atoms with Gasteiger partial charge in [0, 0.05) is 31.8 Å². The Hall–Kier alpha value is -0.670. The van der Waals surface area contributed by atoms with Crippen molar-refractivity contribution in [2.24, 2.45) is 5.41 Å². The largest absolute Gasteiger partial charge is 0.384 e. The van der Waals surface area contributed by atoms with Crippen LogP contribution in [0.5, 0.6) is 0 Å². The fraction of sp³-hybridized carbons (Fsp3) is 0.769. The van der Waals surface area contributed by atoms with Gasteiger partial charge in [0.2, 0.25) is 0 Å². The molecule has 1 aliphatic rings. The predicted octanol–water partition coefficient (Wildman–Crippen LogP) is 0.619. The number of nitrogens with one attached hydrogen (secondary N) is 2. The maximum Gasteiger partial charge on any atom is 0.259 e. The van der Waals surface area contributed by atoms with Crippen molar-refractivity contribution >= 4 is 22.4 Å². The molecule has 0 amide bonds. The summed E-state index contributed by atoms with van der Waals surface area (Å²) in [6.07, 6.45) is 4.87. The summed E-state index contributed by atoms with van der Waals surface area (Å²) in [7, 11) is -1.91. The lowest BCUT2D eigenvalue weighted by molar-refractivity contribution is 0.0577. The molecular formula is C13H25ClN4O3S. The molecule has 0 aliphatic carbocycles. The van der Waals surface area contributed by atoms with Crippen molar-refractivity contribution in [2.45, 2.75) is 31.3 Å². The van der Waals surface area contributed by atoms with E-state index in [9.17, 15) is 8.42 Å². The molecule has 1 aromatic heterocycles. The predicted molar refractivity (Wildman–Crippen MR) is 86.8 cm³/mol. The number of methoxy groups -OCH3 is 1. The maximum atomic E-state index is 12.3. The number of hydrogen-bond donors (Lipinski definition) is 2. The fourth-order valence-corrected chi connectivity index (χ4v) is 3.71. The summed E-state index contributed by atoms with van der Waals surface area (Å²) in [5, 5.41) is 3.36. The second-order valence-corrected chi connectivity index (χ2v) is 7.26. The summed E-state index contributed by atoms with van der Waals surface area (Å²) >= 11 is 0. The Balaban J connectivity index is 0.00000242. The van der Waals surface area contributed by atoms with Gasteiger partial charge in [-0.05, 0) is 32.9 Å². The van der Waals surface area contributed by atoms with E-state index in [4.69, 9.17) is 4.74 Å². The Labute approximate surface area is 138 Å². The van der Waals surface area contributed by atoms with Crippen LogP contribution < -0.4 is 10.0 Å². The summed E-state index contributed by atoms with van der Waals surface area (Å²) in [6.45, 7) is 5.34. The Morgan fingerprint density at radius 3 is 2.68 bits per heavy atom. The normalized spacial score (nSPS) is 17.9. The van der Waals surface area contributed by atoms with Crippen molar-refractivity contribution in [3.63, 3.8) is 0 Å². The molecule has 0 aromatic carbocycles. The van der Waals surface area contributed by atoms with Gasteiger partial charge in [-0.1, -0.05) is 0 Å². The van der Waals surface area contributed by atoms with Gasteiger partial charge in [-0.25, -0.2) is 18.1 Å². The molecule has 2 N–H and O–H groups in total. The molecule has 1 aromatic rings. The lowest BCUT2D eigenvalue weighted by Crippen LogP contribution is -2.47. The van der Waals surface area contributed by atoms with Crippen LogP contribution >= 0.6 is 12.4 Å². The third kappa shape index (κ3) is 4.66. The average Bonchev–Trinajstić information content (AvgIpc) is 2.97. The van der Waals surface area contributed by atoms with E-state index >= 15 is 0 Å². The first-order valence-corrected chi connectivity index (χ1v) is 8.71. The quantitative estimate of drug-likeness (QED) is 0.751. The van der Waals surface area contributed by atoms with E-state index in [0.29, 0.717) is 19.7 Å². The van der Waals surface area contributed by atoms with Gasteiger partial charge < -0.3 is 14.6 Å². The van der Waals surface area contributed by atoms with Crippen LogP contribution in [0.2, 0.25) is 0 Å². The van der Waals surface area contributed by atoms with Gasteiger partial charge >= 0.3 is 0 Å². The SMILES string of the molecule is CCn1cnc(S(=O)(=O)NCC2(COC)CCNCC2)c1.Cl. The van der Waals surface area contributed by atoms with Crippen molar-refractivity contribution in [1.82, 2.24) is 19.6 Å². The number of aryl methyl sites for hydroxylation is 1. The zero-order chi connectivity index (χ0) is 15.3. The zero-order valence-electron chi connectivity index (χ0n) is 13.0. The standard InChI is InChI=1S/C13H24N4O3S.ClH/c1-3-17-8-12(15-11-17)21(18,19)16-9-13(10-20-2)4-6-14-7-5-13;/h8,11,14,16H,3-7,9-10H2,1-2H3;1H. The molecule has 128 valence electrons. The highest BCUT2D eigenvalue weighted by molar-refractivity contribution is 7.89. The first-order valence-electron chi connectivity index (χ1n) is 7.22. The van der Waals surface area contributed by atoms with E-state index in [1.54, 1.807) is 17.9 Å². The van der Waals surface area contributed by atoms with E-state index in [1.165, 1.54) is 6.33 Å². The Morgan fingerprint density at radius 2 is 2.14 bits per heavy atom. The van der Waals surface area contributed by atoms with Crippen molar-refractivity contribution in [1.29, 1.82) is 0 Å². The number of hydrogen-bond acceptors (Lipinski definition) is 5. The Morgan fingerprint density at radius 1 is 1.45 bits per heavy atom. The first-order chi connectivity index (χ1) is 10.0. The van der Waals surface area contributed by atoms with Crippen LogP contribution in [0.1, 0.15) is 19.8 Å². The molecule has 0 radical (unpaired) electrons. The van der Waals surface area contributed by atoms with Gasteiger partial charge in [-0.3, -0.25) is 0 Å². The molecule has 0 spiro atoms. The van der Waals surface area contributed by atoms with Crippen LogP contribution in [0, 0.1) is 5.41 Å². The molecule has 2 heterocycles. The third-order valence-corrected chi connectivity index (χ3v) is 5.29. The molecule has 9 heteroatoms. The summed E-state index contributed by atoms with van der Waals surface area (Å²) in [6, 6.07) is 0. The zero-order valence-corrected chi connectivity index (χ0v) is 14.7. The van der Waals surface area contributed by atoms with E-state index in [-0.39, 0.29) is 22.8 Å². The number of sulfonamides is 1. The molecule has 0 unspecified atom stereocenters. The van der Waals surface area contributed by atoms with Crippen LogP contribution in [-0.4, -0.2) is 51.3 Å². The molecule has 2 rings (SSSR count). The molecule has 0 saturated carbocycles. The van der Waals surface area contributed by atoms with Crippen LogP contribution in [0.25, 0.3) is 0 Å². The minimum absolute atomic E-state index is 0. The van der Waals surface area contributed by atoms with E-state index < -0.39 is 10.0 Å². The summed E-state index contributed by atoms with van der Waals surface area (Å²) in [4.78, 5) is 3.96. The number of ether oxygens (including phenoxy) is 1. The second kappa shape index (κ2) is 8.26. The summed E-state index contributed by atoms with van der Waals surface area (Å²) in [5.41, 5.74) is -0.138. The minimum Gasteiger partial charge on any atom is -0.384 e. The smallest absolute Gasteiger partial charge is 0.259 e. The molecular weight excluding hydrogens is 328 g/mol. The highest BCUT2D eigenvalue weighted by atomic mass is 35.5. The van der Waals surface area contributed by atoms with Gasteiger partial charge in [0.15, 0.2) is 5.03 Å². The highest BCUT2D eigenvalue weighted by Crippen LogP contribution is 2.28. The van der Waals surface area contributed by atoms with Crippen LogP contribution in [-0.2, 0) is 21.3 Å². The molecule has 0 atom stereocenters. The van der Waals surface area contributed by atoms with E-state index in [0.717, 1.165) is 25.9 Å². The van der Waals surface area contributed by atoms with Crippen molar-refractivity contribution in [3.8, 4) is 0 Å². The monoisotopic (exact) mass is 352 g/mol. The fourth-order valence-electron chi connectivity index (χ4n) is 2.61. The number of nitrogens with zero attached hydrogens (tertiary/aromatic N) is 2. The summed E-state index contributed by atoms with van der Waals surface area (Å²) < 4.78 is 34.3. The van der Waals surface area contributed by atoms with Crippen LogP contribution in [0.3, 0.4) is 0 Å². The topological polar surface area (TPSA) is 85.2 Å². The van der Waals surface area contributed by atoms with Crippen molar-refractivity contribution < 1.29 is 13.2 Å². The molecule has 22 heavy (non-hydrogen) atoms. The van der Waals surface area contributed by atoms with Gasteiger partial charge in [0.25, 0.3) is 10.0 Å². The summed E-state index contributed by atoms with van der Waals surface area (Å²) in [5.74, 6) is 0. The number of rotatable bonds is 7. The number of aromatic nitrogens is 2. The van der Waals surface area contributed by atoms with Gasteiger partial charge in [-0.2, -0.15) is 0 Å². The van der Waals surface area contributed by atoms with E-state index in [2.05, 4.69) is 15.0 Å². The van der Waals surface area contributed by atoms with Gasteiger partial charge in [-0.15, -0.1) is 12.4 Å². The number of halogens is 1. The van der Waals surface area contributed by atoms with E-state index in [1.807, 2.05) is 6.92 Å².